The average molecular weight is 314 g/mol. The normalized spacial score (nSPS) is 11.5. The lowest BCUT2D eigenvalue weighted by molar-refractivity contribution is 0.147. The summed E-state index contributed by atoms with van der Waals surface area (Å²) in [5.74, 6) is 0.246. The molecule has 0 aliphatic carbocycles. The molecule has 0 saturated carbocycles. The lowest BCUT2D eigenvalue weighted by atomic mass is 10.2. The first-order valence-corrected chi connectivity index (χ1v) is 8.45. The van der Waals surface area contributed by atoms with E-state index in [1.54, 1.807) is 13.0 Å². The van der Waals surface area contributed by atoms with E-state index in [1.807, 2.05) is 13.8 Å². The van der Waals surface area contributed by atoms with Gasteiger partial charge in [0.1, 0.15) is 0 Å². The third-order valence-corrected chi connectivity index (χ3v) is 4.62. The van der Waals surface area contributed by atoms with Crippen LogP contribution < -0.4 is 11.1 Å². The van der Waals surface area contributed by atoms with Gasteiger partial charge in [0.05, 0.1) is 17.3 Å². The van der Waals surface area contributed by atoms with Crippen LogP contribution in [0.1, 0.15) is 26.3 Å². The predicted octanol–water partition coefficient (Wildman–Crippen LogP) is 2.14. The number of anilines is 1. The molecule has 0 radical (unpaired) electrons. The second-order valence-electron chi connectivity index (χ2n) is 5.05. The molecule has 0 heterocycles. The van der Waals surface area contributed by atoms with Gasteiger partial charge in [0, 0.05) is 12.2 Å². The van der Waals surface area contributed by atoms with Gasteiger partial charge >= 0.3 is 6.09 Å². The Bertz CT molecular complexity index is 597. The van der Waals surface area contributed by atoms with Gasteiger partial charge in [-0.3, -0.25) is 5.32 Å². The number of rotatable bonds is 6. The molecule has 0 bridgehead atoms. The Labute approximate surface area is 125 Å². The molecule has 21 heavy (non-hydrogen) atoms. The zero-order valence-corrected chi connectivity index (χ0v) is 13.4. The maximum Gasteiger partial charge on any atom is 0.411 e. The first-order chi connectivity index (χ1) is 9.80. The van der Waals surface area contributed by atoms with Crippen molar-refractivity contribution in [2.45, 2.75) is 32.2 Å². The second-order valence-corrected chi connectivity index (χ2v) is 7.29. The third kappa shape index (κ3) is 5.02. The largest absolute Gasteiger partial charge is 0.449 e. The Morgan fingerprint density at radius 1 is 1.38 bits per heavy atom. The fourth-order valence-electron chi connectivity index (χ4n) is 1.67. The van der Waals surface area contributed by atoms with Crippen molar-refractivity contribution >= 4 is 21.6 Å². The summed E-state index contributed by atoms with van der Waals surface area (Å²) in [5, 5.41) is 2.56. The van der Waals surface area contributed by atoms with E-state index >= 15 is 0 Å². The Balaban J connectivity index is 2.91. The van der Waals surface area contributed by atoms with Crippen LogP contribution in [0.4, 0.5) is 10.5 Å². The molecule has 1 aromatic carbocycles. The van der Waals surface area contributed by atoms with Gasteiger partial charge in [-0.1, -0.05) is 20.8 Å². The minimum absolute atomic E-state index is 0.00318. The number of hydrogen-bond donors (Lipinski definition) is 2. The van der Waals surface area contributed by atoms with E-state index in [-0.39, 0.29) is 23.1 Å². The predicted molar refractivity (Wildman–Crippen MR) is 81.9 cm³/mol. The van der Waals surface area contributed by atoms with E-state index in [4.69, 9.17) is 10.5 Å². The van der Waals surface area contributed by atoms with E-state index in [9.17, 15) is 13.2 Å². The number of hydrogen-bond acceptors (Lipinski definition) is 5. The van der Waals surface area contributed by atoms with Crippen molar-refractivity contribution in [2.75, 3.05) is 17.7 Å². The Kier molecular flexibility index (Phi) is 6.17. The van der Waals surface area contributed by atoms with Gasteiger partial charge < -0.3 is 10.5 Å². The molecular weight excluding hydrogens is 292 g/mol. The fraction of sp³-hybridized carbons (Fsp3) is 0.500. The van der Waals surface area contributed by atoms with Gasteiger partial charge in [0.25, 0.3) is 0 Å². The monoisotopic (exact) mass is 314 g/mol. The van der Waals surface area contributed by atoms with Crippen LogP contribution in [0.25, 0.3) is 0 Å². The standard InChI is InChI=1S/C14H22N2O4S/c1-4-21(18,19)13-6-5-12(7-11(13)8-15)16-14(17)20-9-10(2)3/h5-7,10H,4,8-9,15H2,1-3H3,(H,16,17). The average Bonchev–Trinajstić information content (AvgIpc) is 2.44. The van der Waals surface area contributed by atoms with Gasteiger partial charge in [-0.2, -0.15) is 0 Å². The third-order valence-electron chi connectivity index (χ3n) is 2.79. The number of amides is 1. The number of carbonyl (C=O) groups is 1. The summed E-state index contributed by atoms with van der Waals surface area (Å²) in [5.41, 5.74) is 6.52. The molecule has 1 amide bonds. The van der Waals surface area contributed by atoms with E-state index in [0.717, 1.165) is 0 Å². The Morgan fingerprint density at radius 2 is 2.05 bits per heavy atom. The van der Waals surface area contributed by atoms with Crippen LogP contribution in [0.3, 0.4) is 0 Å². The molecule has 0 aromatic heterocycles. The molecule has 0 atom stereocenters. The number of carbonyl (C=O) groups excluding carboxylic acids is 1. The van der Waals surface area contributed by atoms with Crippen molar-refractivity contribution in [2.24, 2.45) is 11.7 Å². The second kappa shape index (κ2) is 7.42. The topological polar surface area (TPSA) is 98.5 Å². The van der Waals surface area contributed by atoms with Gasteiger partial charge in [-0.25, -0.2) is 13.2 Å². The quantitative estimate of drug-likeness (QED) is 0.838. The molecule has 118 valence electrons. The number of nitrogens with one attached hydrogen (secondary N) is 1. The zero-order valence-electron chi connectivity index (χ0n) is 12.5. The highest BCUT2D eigenvalue weighted by Gasteiger charge is 2.16. The minimum Gasteiger partial charge on any atom is -0.449 e. The van der Waals surface area contributed by atoms with Gasteiger partial charge in [-0.05, 0) is 29.7 Å². The fourth-order valence-corrected chi connectivity index (χ4v) is 2.80. The van der Waals surface area contributed by atoms with Gasteiger partial charge in [-0.15, -0.1) is 0 Å². The minimum atomic E-state index is -3.33. The summed E-state index contributed by atoms with van der Waals surface area (Å²) in [6.07, 6.45) is -0.572. The molecule has 3 N–H and O–H groups in total. The maximum atomic E-state index is 11.9. The number of benzene rings is 1. The molecule has 6 nitrogen and oxygen atoms in total. The summed E-state index contributed by atoms with van der Waals surface area (Å²) in [6, 6.07) is 4.54. The van der Waals surface area contributed by atoms with Crippen LogP contribution in [0.5, 0.6) is 0 Å². The van der Waals surface area contributed by atoms with Gasteiger partial charge in [0.15, 0.2) is 9.84 Å². The van der Waals surface area contributed by atoms with Crippen LogP contribution in [-0.2, 0) is 21.1 Å². The molecule has 7 heteroatoms. The first-order valence-electron chi connectivity index (χ1n) is 6.79. The first kappa shape index (κ1) is 17.5. The van der Waals surface area contributed by atoms with E-state index in [0.29, 0.717) is 17.9 Å². The maximum absolute atomic E-state index is 11.9. The van der Waals surface area contributed by atoms with Crippen molar-refractivity contribution in [1.29, 1.82) is 0 Å². The molecule has 0 aliphatic rings. The molecule has 1 aromatic rings. The summed E-state index contributed by atoms with van der Waals surface area (Å²) >= 11 is 0. The lowest BCUT2D eigenvalue weighted by Crippen LogP contribution is -2.17. The van der Waals surface area contributed by atoms with E-state index < -0.39 is 15.9 Å². The van der Waals surface area contributed by atoms with Crippen molar-refractivity contribution in [3.8, 4) is 0 Å². The molecule has 0 saturated heterocycles. The number of ether oxygens (including phenoxy) is 1. The van der Waals surface area contributed by atoms with Crippen molar-refractivity contribution in [3.05, 3.63) is 23.8 Å². The number of sulfone groups is 1. The van der Waals surface area contributed by atoms with Crippen LogP contribution in [-0.4, -0.2) is 26.9 Å². The van der Waals surface area contributed by atoms with Crippen molar-refractivity contribution in [3.63, 3.8) is 0 Å². The lowest BCUT2D eigenvalue weighted by Gasteiger charge is -2.12. The summed E-state index contributed by atoms with van der Waals surface area (Å²) in [4.78, 5) is 11.8. The van der Waals surface area contributed by atoms with Crippen LogP contribution in [0, 0.1) is 5.92 Å². The van der Waals surface area contributed by atoms with Crippen LogP contribution in [0.2, 0.25) is 0 Å². The highest BCUT2D eigenvalue weighted by atomic mass is 32.2. The SMILES string of the molecule is CCS(=O)(=O)c1ccc(NC(=O)OCC(C)C)cc1CN. The highest BCUT2D eigenvalue weighted by Crippen LogP contribution is 2.21. The Morgan fingerprint density at radius 3 is 2.57 bits per heavy atom. The summed E-state index contributed by atoms with van der Waals surface area (Å²) < 4.78 is 28.8. The van der Waals surface area contributed by atoms with Crippen molar-refractivity contribution < 1.29 is 17.9 Å². The molecule has 0 unspecified atom stereocenters. The van der Waals surface area contributed by atoms with Crippen molar-refractivity contribution in [1.82, 2.24) is 0 Å². The molecule has 0 spiro atoms. The molecule has 0 aliphatic heterocycles. The Hall–Kier alpha value is -1.60. The smallest absolute Gasteiger partial charge is 0.411 e. The van der Waals surface area contributed by atoms with Gasteiger partial charge in [0.2, 0.25) is 0 Å². The molecule has 1 rings (SSSR count). The zero-order chi connectivity index (χ0) is 16.0. The molecule has 0 fully saturated rings. The highest BCUT2D eigenvalue weighted by molar-refractivity contribution is 7.91. The summed E-state index contributed by atoms with van der Waals surface area (Å²) in [6.45, 7) is 5.84. The van der Waals surface area contributed by atoms with E-state index in [2.05, 4.69) is 5.32 Å². The summed E-state index contributed by atoms with van der Waals surface area (Å²) in [7, 11) is -3.33. The van der Waals surface area contributed by atoms with Crippen LogP contribution in [0.15, 0.2) is 23.1 Å². The molecular formula is C14H22N2O4S. The number of nitrogens with two attached hydrogens (primary N) is 1. The van der Waals surface area contributed by atoms with Crippen LogP contribution >= 0.6 is 0 Å². The van der Waals surface area contributed by atoms with E-state index in [1.165, 1.54) is 12.1 Å².